The number of nitrogens with zero attached hydrogens (tertiary/aromatic N) is 5. The van der Waals surface area contributed by atoms with Gasteiger partial charge in [0.15, 0.2) is 6.20 Å². The van der Waals surface area contributed by atoms with E-state index in [0.29, 0.717) is 0 Å². The van der Waals surface area contributed by atoms with E-state index < -0.39 is 0 Å². The first kappa shape index (κ1) is 60.0. The number of benzene rings is 5. The van der Waals surface area contributed by atoms with Gasteiger partial charge in [-0.2, -0.15) is 0 Å². The van der Waals surface area contributed by atoms with Crippen molar-refractivity contribution in [1.82, 2.24) is 4.98 Å². The number of allylic oxidation sites excluding steroid dienone is 8. The maximum absolute atomic E-state index is 4.69. The summed E-state index contributed by atoms with van der Waals surface area (Å²) in [6.45, 7) is 19.7. The summed E-state index contributed by atoms with van der Waals surface area (Å²) < 4.78 is 6.22. The molecule has 0 saturated heterocycles. The molecule has 0 radical (unpaired) electrons. The van der Waals surface area contributed by atoms with Crippen LogP contribution in [0.3, 0.4) is 0 Å². The largest absolute Gasteiger partial charge is 2.00 e. The van der Waals surface area contributed by atoms with E-state index in [9.17, 15) is 0 Å². The monoisotopic (exact) mass is 1250 g/mol. The Kier molecular flexibility index (Phi) is 21.2. The Labute approximate surface area is 504 Å². The predicted molar refractivity (Wildman–Crippen MR) is 338 cm³/mol. The van der Waals surface area contributed by atoms with Crippen LogP contribution < -0.4 is 9.59 Å². The quantitative estimate of drug-likeness (QED) is 0.0573. The van der Waals surface area contributed by atoms with E-state index in [1.54, 1.807) is 6.20 Å². The van der Waals surface area contributed by atoms with Crippen molar-refractivity contribution in [2.45, 2.75) is 86.0 Å². The zero-order valence-corrected chi connectivity index (χ0v) is 49.4. The third-order valence-corrected chi connectivity index (χ3v) is 16.1. The number of rotatable bonds is 15. The molecule has 4 aliphatic rings. The van der Waals surface area contributed by atoms with Crippen molar-refractivity contribution < 1.29 is 34.5 Å². The molecule has 1 fully saturated rings. The Morgan fingerprint density at radius 1 is 0.622 bits per heavy atom. The third-order valence-electron chi connectivity index (χ3n) is 16.1. The molecule has 0 N–H and O–H groups in total. The second-order valence-electron chi connectivity index (χ2n) is 21.8. The summed E-state index contributed by atoms with van der Waals surface area (Å²) in [5.41, 5.74) is 16.2. The molecule has 2 aliphatic heterocycles. The Balaban J connectivity index is 0.000000263. The van der Waals surface area contributed by atoms with E-state index in [1.807, 2.05) is 85.1 Å². The van der Waals surface area contributed by atoms with E-state index in [0.717, 1.165) is 70.7 Å². The van der Waals surface area contributed by atoms with Crippen molar-refractivity contribution in [3.8, 4) is 22.4 Å². The zero-order valence-electron chi connectivity index (χ0n) is 47.1. The van der Waals surface area contributed by atoms with Gasteiger partial charge in [0.1, 0.15) is 36.6 Å². The molecular weight excluding hydrogens is 1180 g/mol. The summed E-state index contributed by atoms with van der Waals surface area (Å²) in [6, 6.07) is 58.6. The van der Waals surface area contributed by atoms with E-state index in [-0.39, 0.29) is 28.5 Å². The fourth-order valence-electron chi connectivity index (χ4n) is 11.8. The Bertz CT molecular complexity index is 3570. The molecule has 7 aromatic rings. The van der Waals surface area contributed by atoms with Crippen LogP contribution in [-0.2, 0) is 27.5 Å². The summed E-state index contributed by atoms with van der Waals surface area (Å²) in [5.74, 6) is 3.46. The second-order valence-corrected chi connectivity index (χ2v) is 21.8. The van der Waals surface area contributed by atoms with E-state index >= 15 is 0 Å². The molecule has 4 heterocycles. The average Bonchev–Trinajstić information content (AvgIpc) is 3.67. The minimum atomic E-state index is 0. The molecule has 0 bridgehead atoms. The van der Waals surface area contributed by atoms with Crippen LogP contribution in [0.25, 0.3) is 28.0 Å². The van der Waals surface area contributed by atoms with Crippen LogP contribution in [0.1, 0.15) is 99.1 Å². The summed E-state index contributed by atoms with van der Waals surface area (Å²) in [5, 5.41) is 1.17. The van der Waals surface area contributed by atoms with Gasteiger partial charge in [-0.25, -0.2) is 4.24 Å². The molecule has 5 aromatic carbocycles. The average molecular weight is 1260 g/mol. The second kappa shape index (κ2) is 29.0. The molecule has 11 rings (SSSR count). The molecule has 82 heavy (non-hydrogen) atoms. The van der Waals surface area contributed by atoms with Crippen molar-refractivity contribution >= 4 is 30.9 Å². The van der Waals surface area contributed by atoms with Crippen LogP contribution in [0, 0.1) is 68.5 Å². The SMILES string of the molecule is C.C=[N+]1C=C(CC[C@@H]2CC(CCc3ccc(=C4C=CC=C[C-]4C)[n+](=C)c3)C[C@H](CCC3=C[N+](=C)[C-](c4ccccc4C)C=C3)C2)C=C[C-]1c1ccccc1C.[Pt+2].[c-]1c(C=Nc2ccccc2-c2[c-]cccc2)cccc1-c1ccccn1. The third kappa shape index (κ3) is 15.5. The summed E-state index contributed by atoms with van der Waals surface area (Å²) in [6.07, 6.45) is 39.1. The summed E-state index contributed by atoms with van der Waals surface area (Å²) >= 11 is 0. The first-order valence-electron chi connectivity index (χ1n) is 28.4. The standard InChI is InChI=1S/C51H57N3.C24H16N2.CH4.Pt/c1-37-13-7-10-16-46(37)49-28-25-40(34-52(49)4)19-22-43-31-44(23-20-41-26-29-50(53(5)35-41)47-17-11-8-14-38(47)2)33-45(32-43)24-21-42-27-30-51(54(6)36-42)48-18-12-9-15-39(48)3;1-2-10-20(11-3-1)22-13-4-5-15-24(22)26-18-19-9-8-12-21(17-19)23-14-6-7-16-25-23;;/h7-18,25-30,34-36,43-45H,4-6,19-24,31-33H2,1-3H3;1-10,12-16,18H;1H4;/q;-2;;+2/t43?,44-,45+;;;. The first-order chi connectivity index (χ1) is 39.1. The maximum Gasteiger partial charge on any atom is 2.00 e. The van der Waals surface area contributed by atoms with Gasteiger partial charge < -0.3 is 4.99 Å². The number of aliphatic imine (C=N–C) groups is 1. The minimum Gasteiger partial charge on any atom is -0.304 e. The Morgan fingerprint density at radius 2 is 1.22 bits per heavy atom. The van der Waals surface area contributed by atoms with Crippen molar-refractivity contribution in [2.24, 2.45) is 22.7 Å². The van der Waals surface area contributed by atoms with Crippen LogP contribution in [0.4, 0.5) is 5.69 Å². The molecular formula is C76H77N5Pt. The number of pyridine rings is 2. The molecule has 0 amide bonds. The topological polar surface area (TPSA) is 37.2 Å². The van der Waals surface area contributed by atoms with Gasteiger partial charge in [0.2, 0.25) is 0 Å². The molecule has 6 heteroatoms. The molecule has 1 saturated carbocycles. The van der Waals surface area contributed by atoms with Gasteiger partial charge in [-0.15, -0.1) is 108 Å². The molecule has 416 valence electrons. The smallest absolute Gasteiger partial charge is 0.304 e. The van der Waals surface area contributed by atoms with E-state index in [4.69, 9.17) is 4.99 Å². The predicted octanol–water partition coefficient (Wildman–Crippen LogP) is 16.5. The summed E-state index contributed by atoms with van der Waals surface area (Å²) in [4.78, 5) is 9.07. The molecule has 3 atom stereocenters. The van der Waals surface area contributed by atoms with Crippen molar-refractivity contribution in [3.63, 3.8) is 0 Å². The van der Waals surface area contributed by atoms with Gasteiger partial charge in [-0.1, -0.05) is 141 Å². The molecule has 5 nitrogen and oxygen atoms in total. The van der Waals surface area contributed by atoms with Gasteiger partial charge >= 0.3 is 21.1 Å². The van der Waals surface area contributed by atoms with Gasteiger partial charge in [0.05, 0.1) is 13.4 Å². The van der Waals surface area contributed by atoms with Gasteiger partial charge in [0, 0.05) is 23.1 Å². The number of aryl methyl sites for hydroxylation is 3. The maximum atomic E-state index is 4.69. The summed E-state index contributed by atoms with van der Waals surface area (Å²) in [7, 11) is 0. The molecule has 1 unspecified atom stereocenters. The van der Waals surface area contributed by atoms with Crippen LogP contribution in [0.2, 0.25) is 0 Å². The van der Waals surface area contributed by atoms with E-state index in [1.165, 1.54) is 106 Å². The van der Waals surface area contributed by atoms with Gasteiger partial charge in [-0.05, 0) is 134 Å². The van der Waals surface area contributed by atoms with Crippen LogP contribution >= 0.6 is 0 Å². The molecule has 2 aliphatic carbocycles. The van der Waals surface area contributed by atoms with E-state index in [2.05, 4.69) is 205 Å². The van der Waals surface area contributed by atoms with Crippen LogP contribution in [0.5, 0.6) is 0 Å². The fourth-order valence-corrected chi connectivity index (χ4v) is 11.8. The molecule has 0 spiro atoms. The number of hydrogen-bond acceptors (Lipinski definition) is 2. The molecule has 2 aromatic heterocycles. The van der Waals surface area contributed by atoms with Crippen LogP contribution in [-0.4, -0.2) is 33.8 Å². The number of hydrogen-bond donors (Lipinski definition) is 0. The van der Waals surface area contributed by atoms with Crippen LogP contribution in [0.15, 0.2) is 235 Å². The normalized spacial score (nSPS) is 18.1. The number of aromatic nitrogens is 2. The minimum absolute atomic E-state index is 0. The van der Waals surface area contributed by atoms with Crippen molar-refractivity contribution in [3.05, 3.63) is 306 Å². The van der Waals surface area contributed by atoms with Gasteiger partial charge in [0.25, 0.3) is 0 Å². The first-order valence-corrected chi connectivity index (χ1v) is 28.4. The Hall–Kier alpha value is -8.11. The zero-order chi connectivity index (χ0) is 55.2. The van der Waals surface area contributed by atoms with Crippen molar-refractivity contribution in [2.75, 3.05) is 0 Å². The fraction of sp³-hybridized carbons (Fsp3) is 0.211. The van der Waals surface area contributed by atoms with Crippen molar-refractivity contribution in [1.29, 1.82) is 0 Å². The number of para-hydroxylation sites is 1. The Morgan fingerprint density at radius 3 is 1.80 bits per heavy atom. The van der Waals surface area contributed by atoms with Gasteiger partial charge in [-0.3, -0.25) is 14.1 Å².